The van der Waals surface area contributed by atoms with Crippen molar-refractivity contribution in [3.05, 3.63) is 53.6 Å². The molecule has 1 atom stereocenters. The van der Waals surface area contributed by atoms with Crippen LogP contribution in [0.3, 0.4) is 0 Å². The van der Waals surface area contributed by atoms with Gasteiger partial charge in [-0.05, 0) is 36.4 Å². The number of esters is 1. The Morgan fingerprint density at radius 3 is 2.34 bits per heavy atom. The van der Waals surface area contributed by atoms with Crippen molar-refractivity contribution in [2.24, 2.45) is 0 Å². The Morgan fingerprint density at radius 2 is 1.66 bits per heavy atom. The number of ether oxygens (including phenoxy) is 3. The van der Waals surface area contributed by atoms with Gasteiger partial charge in [0.05, 0.1) is 4.90 Å². The molecule has 1 fully saturated rings. The van der Waals surface area contributed by atoms with Crippen molar-refractivity contribution < 1.29 is 32.2 Å². The molecule has 9 nitrogen and oxygen atoms in total. The highest BCUT2D eigenvalue weighted by atomic mass is 35.5. The monoisotopic (exact) mass is 480 g/mol. The minimum absolute atomic E-state index is 0.00866. The molecule has 2 aliphatic rings. The van der Waals surface area contributed by atoms with E-state index in [1.165, 1.54) is 33.5 Å². The van der Waals surface area contributed by atoms with Crippen molar-refractivity contribution in [3.63, 3.8) is 0 Å². The summed E-state index contributed by atoms with van der Waals surface area (Å²) in [4.78, 5) is 26.3. The predicted molar refractivity (Wildman–Crippen MR) is 114 cm³/mol. The maximum absolute atomic E-state index is 12.7. The number of sulfonamides is 1. The van der Waals surface area contributed by atoms with Gasteiger partial charge in [0, 0.05) is 31.2 Å². The molecular formula is C21H21ClN2O7S. The molecule has 2 aliphatic heterocycles. The van der Waals surface area contributed by atoms with Crippen LogP contribution in [0.15, 0.2) is 53.4 Å². The lowest BCUT2D eigenvalue weighted by atomic mass is 10.2. The summed E-state index contributed by atoms with van der Waals surface area (Å²) < 4.78 is 42.9. The molecule has 2 aromatic rings. The van der Waals surface area contributed by atoms with E-state index < -0.39 is 34.6 Å². The zero-order chi connectivity index (χ0) is 22.7. The first kappa shape index (κ1) is 22.4. The zero-order valence-electron chi connectivity index (χ0n) is 17.0. The summed E-state index contributed by atoms with van der Waals surface area (Å²) in [5.74, 6) is -0.125. The molecule has 0 unspecified atom stereocenters. The van der Waals surface area contributed by atoms with Crippen LogP contribution in [0.4, 0.5) is 0 Å². The van der Waals surface area contributed by atoms with Gasteiger partial charge >= 0.3 is 5.97 Å². The van der Waals surface area contributed by atoms with E-state index in [9.17, 15) is 18.0 Å². The topological polar surface area (TPSA) is 102 Å². The van der Waals surface area contributed by atoms with Gasteiger partial charge in [0.15, 0.2) is 18.1 Å². The second kappa shape index (κ2) is 9.35. The number of carbonyl (C=O) groups excluding carboxylic acids is 2. The Bertz CT molecular complexity index is 1100. The molecule has 4 rings (SSSR count). The van der Waals surface area contributed by atoms with E-state index in [2.05, 4.69) is 0 Å². The van der Waals surface area contributed by atoms with Crippen LogP contribution in [0.2, 0.25) is 5.02 Å². The summed E-state index contributed by atoms with van der Waals surface area (Å²) in [5.41, 5.74) is 0. The van der Waals surface area contributed by atoms with Crippen LogP contribution in [-0.2, 0) is 24.3 Å². The molecule has 32 heavy (non-hydrogen) atoms. The Labute approximate surface area is 190 Å². The molecule has 0 N–H and O–H groups in total. The number of carbonyl (C=O) groups is 2. The average molecular weight is 481 g/mol. The Hall–Kier alpha value is -2.82. The SMILES string of the molecule is O=C(OCC(=O)N1CCN(S(=O)(=O)c2ccc(Cl)cc2)CC1)[C@H]1COc2ccccc2O1. The molecule has 0 spiro atoms. The third-order valence-corrected chi connectivity index (χ3v) is 7.32. The van der Waals surface area contributed by atoms with Gasteiger partial charge in [0.2, 0.25) is 16.1 Å². The normalized spacial score (nSPS) is 18.8. The van der Waals surface area contributed by atoms with Gasteiger partial charge in [-0.2, -0.15) is 4.31 Å². The smallest absolute Gasteiger partial charge is 0.351 e. The van der Waals surface area contributed by atoms with E-state index in [0.717, 1.165) is 0 Å². The molecule has 0 aromatic heterocycles. The lowest BCUT2D eigenvalue weighted by molar-refractivity contribution is -0.160. The highest BCUT2D eigenvalue weighted by Crippen LogP contribution is 2.31. The van der Waals surface area contributed by atoms with Gasteiger partial charge < -0.3 is 19.1 Å². The number of hydrogen-bond acceptors (Lipinski definition) is 7. The number of para-hydroxylation sites is 2. The number of hydrogen-bond donors (Lipinski definition) is 0. The van der Waals surface area contributed by atoms with Crippen molar-refractivity contribution in [2.75, 3.05) is 39.4 Å². The molecule has 0 aliphatic carbocycles. The van der Waals surface area contributed by atoms with Gasteiger partial charge in [-0.15, -0.1) is 0 Å². The van der Waals surface area contributed by atoms with E-state index in [-0.39, 0.29) is 37.7 Å². The van der Waals surface area contributed by atoms with Crippen LogP contribution < -0.4 is 9.47 Å². The third kappa shape index (κ3) is 4.82. The summed E-state index contributed by atoms with van der Waals surface area (Å²) >= 11 is 5.82. The molecular weight excluding hydrogens is 460 g/mol. The summed E-state index contributed by atoms with van der Waals surface area (Å²) in [7, 11) is -3.67. The van der Waals surface area contributed by atoms with Crippen LogP contribution in [0.25, 0.3) is 0 Å². The fourth-order valence-corrected chi connectivity index (χ4v) is 4.93. The van der Waals surface area contributed by atoms with Crippen molar-refractivity contribution in [1.29, 1.82) is 0 Å². The van der Waals surface area contributed by atoms with Crippen LogP contribution in [0, 0.1) is 0 Å². The maximum atomic E-state index is 12.7. The fourth-order valence-electron chi connectivity index (χ4n) is 3.39. The van der Waals surface area contributed by atoms with Crippen LogP contribution in [0.1, 0.15) is 0 Å². The third-order valence-electron chi connectivity index (χ3n) is 5.15. The standard InChI is InChI=1S/C21H21ClN2O7S/c22-15-5-7-16(8-6-15)32(27,28)24-11-9-23(10-12-24)20(25)14-30-21(26)19-13-29-17-3-1-2-4-18(17)31-19/h1-8,19H,9-14H2/t19-/m1/s1. The summed E-state index contributed by atoms with van der Waals surface area (Å²) in [6.07, 6.45) is -0.959. The number of halogens is 1. The van der Waals surface area contributed by atoms with Crippen molar-refractivity contribution >= 4 is 33.5 Å². The van der Waals surface area contributed by atoms with Crippen molar-refractivity contribution in [1.82, 2.24) is 9.21 Å². The molecule has 170 valence electrons. The van der Waals surface area contributed by atoms with Gasteiger partial charge in [0.1, 0.15) is 6.61 Å². The molecule has 0 bridgehead atoms. The zero-order valence-corrected chi connectivity index (χ0v) is 18.5. The number of piperazine rings is 1. The van der Waals surface area contributed by atoms with E-state index in [1.54, 1.807) is 24.3 Å². The van der Waals surface area contributed by atoms with Gasteiger partial charge in [-0.1, -0.05) is 23.7 Å². The number of amides is 1. The first-order valence-electron chi connectivity index (χ1n) is 9.93. The molecule has 1 saturated heterocycles. The lowest BCUT2D eigenvalue weighted by Gasteiger charge is -2.34. The van der Waals surface area contributed by atoms with E-state index in [0.29, 0.717) is 16.5 Å². The summed E-state index contributed by atoms with van der Waals surface area (Å²) in [6.45, 7) is 0.205. The largest absolute Gasteiger partial charge is 0.485 e. The maximum Gasteiger partial charge on any atom is 0.351 e. The first-order valence-corrected chi connectivity index (χ1v) is 11.7. The highest BCUT2D eigenvalue weighted by Gasteiger charge is 2.32. The number of benzene rings is 2. The molecule has 1 amide bonds. The second-order valence-corrected chi connectivity index (χ2v) is 9.59. The minimum atomic E-state index is -3.67. The van der Waals surface area contributed by atoms with E-state index in [1.807, 2.05) is 0 Å². The lowest BCUT2D eigenvalue weighted by Crippen LogP contribution is -2.51. The first-order chi connectivity index (χ1) is 15.3. The van der Waals surface area contributed by atoms with E-state index in [4.69, 9.17) is 25.8 Å². The molecule has 0 radical (unpaired) electrons. The minimum Gasteiger partial charge on any atom is -0.485 e. The molecule has 2 heterocycles. The predicted octanol–water partition coefficient (Wildman–Crippen LogP) is 1.56. The molecule has 11 heteroatoms. The summed E-state index contributed by atoms with van der Waals surface area (Å²) in [5, 5.41) is 0.448. The van der Waals surface area contributed by atoms with Crippen molar-refractivity contribution in [2.45, 2.75) is 11.0 Å². The Balaban J connectivity index is 1.26. The van der Waals surface area contributed by atoms with Crippen LogP contribution >= 0.6 is 11.6 Å². The van der Waals surface area contributed by atoms with Gasteiger partial charge in [-0.25, -0.2) is 13.2 Å². The number of rotatable bonds is 5. The summed E-state index contributed by atoms with van der Waals surface area (Å²) in [6, 6.07) is 12.9. The number of fused-ring (bicyclic) bond motifs is 1. The second-order valence-electron chi connectivity index (χ2n) is 7.21. The fraction of sp³-hybridized carbons (Fsp3) is 0.333. The van der Waals surface area contributed by atoms with E-state index >= 15 is 0 Å². The van der Waals surface area contributed by atoms with Crippen LogP contribution in [0.5, 0.6) is 11.5 Å². The van der Waals surface area contributed by atoms with Crippen LogP contribution in [-0.4, -0.2) is 75.0 Å². The molecule has 0 saturated carbocycles. The van der Waals surface area contributed by atoms with Gasteiger partial charge in [0.25, 0.3) is 5.91 Å². The number of nitrogens with zero attached hydrogens (tertiary/aromatic N) is 2. The Kier molecular flexibility index (Phi) is 6.54. The average Bonchev–Trinajstić information content (AvgIpc) is 2.82. The highest BCUT2D eigenvalue weighted by molar-refractivity contribution is 7.89. The quantitative estimate of drug-likeness (QED) is 0.598. The van der Waals surface area contributed by atoms with Crippen molar-refractivity contribution in [3.8, 4) is 11.5 Å². The van der Waals surface area contributed by atoms with Gasteiger partial charge in [-0.3, -0.25) is 4.79 Å². The Morgan fingerprint density at radius 1 is 1.00 bits per heavy atom. The molecule has 2 aromatic carbocycles.